The van der Waals surface area contributed by atoms with E-state index in [4.69, 9.17) is 22.2 Å². The van der Waals surface area contributed by atoms with Crippen LogP contribution in [0.15, 0.2) is 30.0 Å². The smallest absolute Gasteiger partial charge is 0.142 e. The molecule has 0 radical (unpaired) electrons. The molecular formula is C12H14ClFN2O. The minimum Gasteiger partial charge on any atom is -0.496 e. The summed E-state index contributed by atoms with van der Waals surface area (Å²) >= 11 is 5.93. The van der Waals surface area contributed by atoms with E-state index in [2.05, 4.69) is 5.43 Å². The van der Waals surface area contributed by atoms with E-state index >= 15 is 0 Å². The number of hydrogen-bond donors (Lipinski definition) is 2. The van der Waals surface area contributed by atoms with Crippen molar-refractivity contribution >= 4 is 11.6 Å². The molecule has 1 aliphatic rings. The number of hydrazine groups is 1. The quantitative estimate of drug-likeness (QED) is 0.646. The monoisotopic (exact) mass is 256 g/mol. The van der Waals surface area contributed by atoms with Crippen molar-refractivity contribution in [2.45, 2.75) is 18.9 Å². The van der Waals surface area contributed by atoms with E-state index in [1.165, 1.54) is 6.07 Å². The van der Waals surface area contributed by atoms with Gasteiger partial charge in [0, 0.05) is 0 Å². The normalized spacial score (nSPS) is 17.2. The van der Waals surface area contributed by atoms with Gasteiger partial charge in [-0.05, 0) is 30.5 Å². The van der Waals surface area contributed by atoms with Gasteiger partial charge in [0.25, 0.3) is 0 Å². The highest BCUT2D eigenvalue weighted by atomic mass is 35.5. The first kappa shape index (κ1) is 12.4. The molecule has 0 bridgehead atoms. The van der Waals surface area contributed by atoms with Gasteiger partial charge in [-0.1, -0.05) is 23.7 Å². The highest BCUT2D eigenvalue weighted by molar-refractivity contribution is 6.31. The molecule has 2 rings (SSSR count). The SMILES string of the molecule is NNC(C1=CCCCO1)c1cccc(F)c1Cl. The molecule has 0 saturated heterocycles. The molecule has 1 unspecified atom stereocenters. The molecule has 5 heteroatoms. The molecule has 1 atom stereocenters. The van der Waals surface area contributed by atoms with Crippen LogP contribution < -0.4 is 11.3 Å². The minimum absolute atomic E-state index is 0.0746. The van der Waals surface area contributed by atoms with Gasteiger partial charge in [-0.2, -0.15) is 0 Å². The summed E-state index contributed by atoms with van der Waals surface area (Å²) in [4.78, 5) is 0. The molecular weight excluding hydrogens is 243 g/mol. The Morgan fingerprint density at radius 2 is 2.29 bits per heavy atom. The van der Waals surface area contributed by atoms with Gasteiger partial charge in [0.05, 0.1) is 11.6 Å². The van der Waals surface area contributed by atoms with Crippen molar-refractivity contribution in [3.05, 3.63) is 46.4 Å². The largest absolute Gasteiger partial charge is 0.496 e. The van der Waals surface area contributed by atoms with Crippen LogP contribution in [0, 0.1) is 5.82 Å². The van der Waals surface area contributed by atoms with Gasteiger partial charge in [0.1, 0.15) is 17.6 Å². The number of allylic oxidation sites excluding steroid dienone is 1. The lowest BCUT2D eigenvalue weighted by atomic mass is 10.0. The van der Waals surface area contributed by atoms with E-state index in [1.54, 1.807) is 12.1 Å². The molecule has 1 aliphatic heterocycles. The molecule has 0 saturated carbocycles. The van der Waals surface area contributed by atoms with Gasteiger partial charge < -0.3 is 4.74 Å². The van der Waals surface area contributed by atoms with Crippen molar-refractivity contribution in [1.29, 1.82) is 0 Å². The lowest BCUT2D eigenvalue weighted by molar-refractivity contribution is 0.168. The van der Waals surface area contributed by atoms with Crippen LogP contribution in [0.3, 0.4) is 0 Å². The van der Waals surface area contributed by atoms with E-state index in [0.29, 0.717) is 17.9 Å². The van der Waals surface area contributed by atoms with Crippen LogP contribution in [0.4, 0.5) is 4.39 Å². The molecule has 0 amide bonds. The van der Waals surface area contributed by atoms with Crippen LogP contribution in [-0.2, 0) is 4.74 Å². The van der Waals surface area contributed by atoms with Crippen molar-refractivity contribution in [3.63, 3.8) is 0 Å². The zero-order valence-corrected chi connectivity index (χ0v) is 10.0. The van der Waals surface area contributed by atoms with Crippen LogP contribution in [0.25, 0.3) is 0 Å². The van der Waals surface area contributed by atoms with Gasteiger partial charge in [0.15, 0.2) is 0 Å². The zero-order chi connectivity index (χ0) is 12.3. The second-order valence-electron chi connectivity index (χ2n) is 3.84. The number of rotatable bonds is 3. The molecule has 0 aliphatic carbocycles. The molecule has 1 aromatic rings. The third-order valence-electron chi connectivity index (χ3n) is 2.71. The second-order valence-corrected chi connectivity index (χ2v) is 4.22. The molecule has 3 nitrogen and oxygen atoms in total. The van der Waals surface area contributed by atoms with E-state index in [1.807, 2.05) is 6.08 Å². The first-order valence-electron chi connectivity index (χ1n) is 5.47. The van der Waals surface area contributed by atoms with Gasteiger partial charge in [0.2, 0.25) is 0 Å². The first-order valence-corrected chi connectivity index (χ1v) is 5.84. The molecule has 1 heterocycles. The minimum atomic E-state index is -0.458. The maximum Gasteiger partial charge on any atom is 0.142 e. The van der Waals surface area contributed by atoms with Crippen molar-refractivity contribution in [2.75, 3.05) is 6.61 Å². The Bertz CT molecular complexity index is 437. The third-order valence-corrected chi connectivity index (χ3v) is 3.11. The van der Waals surface area contributed by atoms with Crippen LogP contribution in [-0.4, -0.2) is 6.61 Å². The summed E-state index contributed by atoms with van der Waals surface area (Å²) in [6.07, 6.45) is 3.87. The highest BCUT2D eigenvalue weighted by Crippen LogP contribution is 2.31. The molecule has 3 N–H and O–H groups in total. The predicted octanol–water partition coefficient (Wildman–Crippen LogP) is 2.68. The van der Waals surface area contributed by atoms with Crippen molar-refractivity contribution in [2.24, 2.45) is 5.84 Å². The molecule has 17 heavy (non-hydrogen) atoms. The lowest BCUT2D eigenvalue weighted by Crippen LogP contribution is -2.31. The average molecular weight is 257 g/mol. The topological polar surface area (TPSA) is 47.3 Å². The Hall–Kier alpha value is -1.10. The van der Waals surface area contributed by atoms with Gasteiger partial charge in [-0.3, -0.25) is 5.84 Å². The van der Waals surface area contributed by atoms with Crippen molar-refractivity contribution in [3.8, 4) is 0 Å². The number of hydrogen-bond acceptors (Lipinski definition) is 3. The van der Waals surface area contributed by atoms with Crippen molar-refractivity contribution < 1.29 is 9.13 Å². The number of ether oxygens (including phenoxy) is 1. The van der Waals surface area contributed by atoms with Crippen LogP contribution >= 0.6 is 11.6 Å². The molecule has 0 fully saturated rings. The van der Waals surface area contributed by atoms with E-state index in [9.17, 15) is 4.39 Å². The van der Waals surface area contributed by atoms with Gasteiger partial charge in [-0.15, -0.1) is 0 Å². The summed E-state index contributed by atoms with van der Waals surface area (Å²) in [7, 11) is 0. The lowest BCUT2D eigenvalue weighted by Gasteiger charge is -2.24. The summed E-state index contributed by atoms with van der Waals surface area (Å²) in [6, 6.07) is 4.24. The molecule has 92 valence electrons. The Morgan fingerprint density at radius 1 is 1.47 bits per heavy atom. The predicted molar refractivity (Wildman–Crippen MR) is 64.7 cm³/mol. The highest BCUT2D eigenvalue weighted by Gasteiger charge is 2.22. The zero-order valence-electron chi connectivity index (χ0n) is 9.25. The fourth-order valence-corrected chi connectivity index (χ4v) is 2.08. The fourth-order valence-electron chi connectivity index (χ4n) is 1.85. The fraction of sp³-hybridized carbons (Fsp3) is 0.333. The first-order chi connectivity index (χ1) is 8.24. The Morgan fingerprint density at radius 3 is 2.94 bits per heavy atom. The van der Waals surface area contributed by atoms with E-state index < -0.39 is 11.9 Å². The van der Waals surface area contributed by atoms with Crippen LogP contribution in [0.2, 0.25) is 5.02 Å². The number of halogens is 2. The number of nitrogens with one attached hydrogen (secondary N) is 1. The van der Waals surface area contributed by atoms with E-state index in [-0.39, 0.29) is 5.02 Å². The summed E-state index contributed by atoms with van der Waals surface area (Å²) in [6.45, 7) is 0.650. The summed E-state index contributed by atoms with van der Waals surface area (Å²) in [5, 5.41) is 0.0746. The van der Waals surface area contributed by atoms with Gasteiger partial charge >= 0.3 is 0 Å². The van der Waals surface area contributed by atoms with E-state index in [0.717, 1.165) is 12.8 Å². The summed E-state index contributed by atoms with van der Waals surface area (Å²) in [5.41, 5.74) is 3.20. The molecule has 0 spiro atoms. The summed E-state index contributed by atoms with van der Waals surface area (Å²) < 4.78 is 18.9. The van der Waals surface area contributed by atoms with Crippen LogP contribution in [0.5, 0.6) is 0 Å². The van der Waals surface area contributed by atoms with Gasteiger partial charge in [-0.25, -0.2) is 9.82 Å². The molecule has 0 aromatic heterocycles. The standard InChI is InChI=1S/C12H14ClFN2O/c13-11-8(4-3-5-9(11)14)12(16-15)10-6-1-2-7-17-10/h3-6,12,16H,1-2,7,15H2. The maximum atomic E-state index is 13.4. The molecule has 1 aromatic carbocycles. The second kappa shape index (κ2) is 5.49. The summed E-state index contributed by atoms with van der Waals surface area (Å²) in [5.74, 6) is 5.75. The third kappa shape index (κ3) is 2.60. The maximum absolute atomic E-state index is 13.4. The van der Waals surface area contributed by atoms with Crippen molar-refractivity contribution in [1.82, 2.24) is 5.43 Å². The average Bonchev–Trinajstić information content (AvgIpc) is 2.37. The number of benzene rings is 1. The Balaban J connectivity index is 2.34. The Labute approximate surface area is 104 Å². The Kier molecular flexibility index (Phi) is 3.99. The van der Waals surface area contributed by atoms with Crippen LogP contribution in [0.1, 0.15) is 24.4 Å². The number of nitrogens with two attached hydrogens (primary N) is 1.